The molecule has 1 aliphatic rings. The van der Waals surface area contributed by atoms with E-state index in [9.17, 15) is 4.79 Å². The second-order valence-corrected chi connectivity index (χ2v) is 10.4. The fourth-order valence-corrected chi connectivity index (χ4v) is 4.67. The van der Waals surface area contributed by atoms with Crippen LogP contribution in [0.5, 0.6) is 0 Å². The minimum absolute atomic E-state index is 0.109. The van der Waals surface area contributed by atoms with Crippen LogP contribution in [-0.4, -0.2) is 18.9 Å². The molecule has 0 saturated heterocycles. The number of esters is 1. The highest BCUT2D eigenvalue weighted by molar-refractivity contribution is 5.90. The highest BCUT2D eigenvalue weighted by Crippen LogP contribution is 2.46. The lowest BCUT2D eigenvalue weighted by atomic mass is 9.63. The minimum atomic E-state index is -0.354. The van der Waals surface area contributed by atoms with E-state index in [2.05, 4.69) is 62.4 Å². The van der Waals surface area contributed by atoms with Crippen LogP contribution in [0.1, 0.15) is 62.0 Å². The predicted molar refractivity (Wildman–Crippen MR) is 146 cm³/mol. The largest absolute Gasteiger partial charge is 0.458 e. The van der Waals surface area contributed by atoms with Crippen molar-refractivity contribution in [2.75, 3.05) is 11.9 Å². The third kappa shape index (κ3) is 5.37. The molecule has 4 heteroatoms. The van der Waals surface area contributed by atoms with Crippen LogP contribution >= 0.6 is 0 Å². The van der Waals surface area contributed by atoms with Gasteiger partial charge in [-0.3, -0.25) is 0 Å². The molecular weight excluding hydrogens is 432 g/mol. The molecule has 0 unspecified atom stereocenters. The molecule has 3 aromatic rings. The van der Waals surface area contributed by atoms with Gasteiger partial charge in [0, 0.05) is 0 Å². The van der Waals surface area contributed by atoms with Gasteiger partial charge in [0.1, 0.15) is 23.7 Å². The molecule has 3 aromatic carbocycles. The van der Waals surface area contributed by atoms with E-state index in [0.717, 1.165) is 23.5 Å². The first kappa shape index (κ1) is 24.5. The normalized spacial score (nSPS) is 16.2. The molecule has 0 amide bonds. The van der Waals surface area contributed by atoms with Gasteiger partial charge in [-0.2, -0.15) is 4.58 Å². The highest BCUT2D eigenvalue weighted by atomic mass is 16.5. The molecule has 0 aliphatic heterocycles. The van der Waals surface area contributed by atoms with Gasteiger partial charge in [-0.25, -0.2) is 10.1 Å². The van der Waals surface area contributed by atoms with E-state index in [1.807, 2.05) is 48.8 Å². The zero-order valence-electron chi connectivity index (χ0n) is 21.2. The Morgan fingerprint density at radius 2 is 1.54 bits per heavy atom. The van der Waals surface area contributed by atoms with Crippen molar-refractivity contribution in [2.24, 2.45) is 0 Å². The van der Waals surface area contributed by atoms with Crippen molar-refractivity contribution in [3.8, 4) is 0 Å². The summed E-state index contributed by atoms with van der Waals surface area (Å²) in [6.45, 7) is 13.1. The second-order valence-electron chi connectivity index (χ2n) is 10.4. The average molecular weight is 468 g/mol. The number of hydrogen-bond acceptors (Lipinski definition) is 2. The van der Waals surface area contributed by atoms with Crippen LogP contribution in [0, 0.1) is 0 Å². The van der Waals surface area contributed by atoms with E-state index in [-0.39, 0.29) is 23.4 Å². The lowest BCUT2D eigenvalue weighted by Crippen LogP contribution is -2.33. The van der Waals surface area contributed by atoms with Gasteiger partial charge in [0.25, 0.3) is 0 Å². The predicted octanol–water partition coefficient (Wildman–Crippen LogP) is 7.35. The molecule has 0 radical (unpaired) electrons. The van der Waals surface area contributed by atoms with Crippen molar-refractivity contribution < 1.29 is 9.53 Å². The van der Waals surface area contributed by atoms with Crippen molar-refractivity contribution in [3.63, 3.8) is 0 Å². The summed E-state index contributed by atoms with van der Waals surface area (Å²) >= 11 is 0. The third-order valence-electron chi connectivity index (χ3n) is 6.96. The van der Waals surface area contributed by atoms with E-state index >= 15 is 0 Å². The summed E-state index contributed by atoms with van der Waals surface area (Å²) in [4.78, 5) is 12.3. The molecule has 0 saturated carbocycles. The summed E-state index contributed by atoms with van der Waals surface area (Å²) in [7, 11) is 0. The zero-order valence-corrected chi connectivity index (χ0v) is 21.2. The number of fused-ring (bicyclic) bond motifs is 1. The maximum Gasteiger partial charge on any atom is 0.338 e. The van der Waals surface area contributed by atoms with Crippen LogP contribution < -0.4 is 9.89 Å². The number of ether oxygens (including phenoxy) is 1. The fourth-order valence-electron chi connectivity index (χ4n) is 4.67. The smallest absolute Gasteiger partial charge is 0.338 e. The van der Waals surface area contributed by atoms with E-state index in [4.69, 9.17) is 4.74 Å². The molecule has 0 aromatic heterocycles. The van der Waals surface area contributed by atoms with Crippen LogP contribution in [0.3, 0.4) is 0 Å². The maximum atomic E-state index is 12.3. The summed E-state index contributed by atoms with van der Waals surface area (Å²) in [6, 6.07) is 24.4. The van der Waals surface area contributed by atoms with Crippen molar-refractivity contribution in [1.29, 1.82) is 0 Å². The molecular formula is C31H35N2O2+. The molecule has 0 atom stereocenters. The molecule has 35 heavy (non-hydrogen) atoms. The molecule has 0 bridgehead atoms. The summed E-state index contributed by atoms with van der Waals surface area (Å²) in [5, 5.41) is 3.42. The molecule has 0 spiro atoms. The number of carbonyl (C=O) groups excluding carboxylic acids is 1. The third-order valence-corrected chi connectivity index (χ3v) is 6.96. The Kier molecular flexibility index (Phi) is 6.93. The Bertz CT molecular complexity index is 1240. The lowest BCUT2D eigenvalue weighted by molar-refractivity contribution is 0.0550. The number of carbonyl (C=O) groups is 1. The Morgan fingerprint density at radius 3 is 2.20 bits per heavy atom. The van der Waals surface area contributed by atoms with Gasteiger partial charge in [0.15, 0.2) is 0 Å². The summed E-state index contributed by atoms with van der Waals surface area (Å²) in [5.74, 6) is -0.354. The monoisotopic (exact) mass is 467 g/mol. The molecule has 1 N–H and O–H groups in total. The van der Waals surface area contributed by atoms with Gasteiger partial charge < -0.3 is 4.74 Å². The molecule has 4 nitrogen and oxygen atoms in total. The van der Waals surface area contributed by atoms with Gasteiger partial charge in [-0.1, -0.05) is 64.6 Å². The first-order valence-electron chi connectivity index (χ1n) is 12.2. The van der Waals surface area contributed by atoms with Gasteiger partial charge in [-0.05, 0) is 83.3 Å². The van der Waals surface area contributed by atoms with Gasteiger partial charge in [0.2, 0.25) is 6.34 Å². The van der Waals surface area contributed by atoms with Crippen LogP contribution in [0.15, 0.2) is 85.5 Å². The average Bonchev–Trinajstić information content (AvgIpc) is 2.86. The molecule has 0 heterocycles. The van der Waals surface area contributed by atoms with Crippen LogP contribution in [0.4, 0.5) is 17.1 Å². The van der Waals surface area contributed by atoms with Crippen LogP contribution in [-0.2, 0) is 15.6 Å². The highest BCUT2D eigenvalue weighted by Gasteiger charge is 2.37. The summed E-state index contributed by atoms with van der Waals surface area (Å²) < 4.78 is 7.31. The lowest BCUT2D eigenvalue weighted by Gasteiger charge is -2.41. The number of nitrogens with zero attached hydrogens (tertiary/aromatic N) is 1. The summed E-state index contributed by atoms with van der Waals surface area (Å²) in [6.07, 6.45) is 5.88. The van der Waals surface area contributed by atoms with Crippen molar-refractivity contribution >= 4 is 29.4 Å². The van der Waals surface area contributed by atoms with Crippen molar-refractivity contribution in [2.45, 2.75) is 51.4 Å². The van der Waals surface area contributed by atoms with Crippen LogP contribution in [0.2, 0.25) is 0 Å². The Balaban J connectivity index is 1.76. The number of nitrogens with one attached hydrogen (secondary N) is 1. The number of hydrogen-bond donors (Lipinski definition) is 1. The SMILES string of the molecule is C=CCOC(=O)c1ccc([N+](=CNc2ccccc2)c2ccc3c(c2)C(C)(C)CCC3(C)C)cc1. The number of rotatable bonds is 7. The number of benzene rings is 3. The van der Waals surface area contributed by atoms with E-state index in [1.54, 1.807) is 18.2 Å². The topological polar surface area (TPSA) is 41.3 Å². The quantitative estimate of drug-likeness (QED) is 0.130. The first-order chi connectivity index (χ1) is 16.7. The number of anilines is 1. The van der Waals surface area contributed by atoms with E-state index < -0.39 is 0 Å². The first-order valence-corrected chi connectivity index (χ1v) is 12.2. The van der Waals surface area contributed by atoms with E-state index in [1.165, 1.54) is 17.5 Å². The minimum Gasteiger partial charge on any atom is -0.458 e. The summed E-state index contributed by atoms with van der Waals surface area (Å²) in [5.41, 5.74) is 6.62. The maximum absolute atomic E-state index is 12.3. The van der Waals surface area contributed by atoms with Gasteiger partial charge in [0.05, 0.1) is 5.56 Å². The molecule has 4 rings (SSSR count). The Labute approximate surface area is 209 Å². The second kappa shape index (κ2) is 9.91. The Hall–Kier alpha value is -3.66. The molecule has 180 valence electrons. The zero-order chi connectivity index (χ0) is 25.1. The van der Waals surface area contributed by atoms with Crippen molar-refractivity contribution in [1.82, 2.24) is 4.58 Å². The molecule has 1 aliphatic carbocycles. The number of para-hydroxylation sites is 1. The molecule has 0 fully saturated rings. The van der Waals surface area contributed by atoms with Gasteiger partial charge in [-0.15, -0.1) is 0 Å². The van der Waals surface area contributed by atoms with Crippen LogP contribution in [0.25, 0.3) is 0 Å². The fraction of sp³-hybridized carbons (Fsp3) is 0.290. The Morgan fingerprint density at radius 1 is 0.914 bits per heavy atom. The van der Waals surface area contributed by atoms with Gasteiger partial charge >= 0.3 is 5.97 Å². The van der Waals surface area contributed by atoms with Crippen molar-refractivity contribution in [3.05, 3.63) is 102 Å². The van der Waals surface area contributed by atoms with E-state index in [0.29, 0.717) is 5.56 Å². The standard InChI is InChI=1S/C31H34N2O2/c1-6-20-35-29(34)23-12-14-25(15-13-23)33(22-32-24-10-8-7-9-11-24)26-16-17-27-28(21-26)31(4,5)19-18-30(27,2)3/h6-17,21-22H,1,18-20H2,2-5H3/p+1.